The van der Waals surface area contributed by atoms with E-state index in [0.717, 1.165) is 37.2 Å². The van der Waals surface area contributed by atoms with Gasteiger partial charge < -0.3 is 20.1 Å². The summed E-state index contributed by atoms with van der Waals surface area (Å²) in [5.41, 5.74) is 1.97. The SMILES string of the molecule is COCCOCCCCNCC(=O)Nc1cccc(C)c1. The molecule has 0 aromatic heterocycles. The van der Waals surface area contributed by atoms with Gasteiger partial charge in [-0.15, -0.1) is 0 Å². The standard InChI is InChI=1S/C16H26N2O3/c1-14-6-5-7-15(12-14)18-16(19)13-17-8-3-4-9-21-11-10-20-2/h5-7,12,17H,3-4,8-11,13H2,1-2H3,(H,18,19). The molecule has 0 unspecified atom stereocenters. The van der Waals surface area contributed by atoms with Crippen LogP contribution in [0.1, 0.15) is 18.4 Å². The Morgan fingerprint density at radius 1 is 1.19 bits per heavy atom. The number of hydrogen-bond donors (Lipinski definition) is 2. The molecular weight excluding hydrogens is 268 g/mol. The lowest BCUT2D eigenvalue weighted by Crippen LogP contribution is -2.28. The number of ether oxygens (including phenoxy) is 2. The highest BCUT2D eigenvalue weighted by molar-refractivity contribution is 5.92. The van der Waals surface area contributed by atoms with Gasteiger partial charge in [0.25, 0.3) is 0 Å². The van der Waals surface area contributed by atoms with E-state index >= 15 is 0 Å². The van der Waals surface area contributed by atoms with E-state index < -0.39 is 0 Å². The van der Waals surface area contributed by atoms with E-state index in [-0.39, 0.29) is 5.91 Å². The molecule has 0 saturated carbocycles. The Balaban J connectivity index is 1.99. The van der Waals surface area contributed by atoms with Gasteiger partial charge >= 0.3 is 0 Å². The molecule has 0 saturated heterocycles. The fourth-order valence-electron chi connectivity index (χ4n) is 1.83. The van der Waals surface area contributed by atoms with Crippen LogP contribution in [0.3, 0.4) is 0 Å². The first-order valence-corrected chi connectivity index (χ1v) is 7.36. The summed E-state index contributed by atoms with van der Waals surface area (Å²) >= 11 is 0. The zero-order chi connectivity index (χ0) is 15.3. The molecule has 118 valence electrons. The van der Waals surface area contributed by atoms with Gasteiger partial charge in [-0.05, 0) is 44.0 Å². The number of amides is 1. The molecule has 0 spiro atoms. The lowest BCUT2D eigenvalue weighted by Gasteiger charge is -2.07. The Kier molecular flexibility index (Phi) is 9.44. The Hall–Kier alpha value is -1.43. The fourth-order valence-corrected chi connectivity index (χ4v) is 1.83. The maximum absolute atomic E-state index is 11.7. The van der Waals surface area contributed by atoms with Crippen molar-refractivity contribution >= 4 is 11.6 Å². The van der Waals surface area contributed by atoms with Gasteiger partial charge in [-0.3, -0.25) is 4.79 Å². The van der Waals surface area contributed by atoms with Crippen LogP contribution in [0.25, 0.3) is 0 Å². The molecule has 1 rings (SSSR count). The maximum atomic E-state index is 11.7. The summed E-state index contributed by atoms with van der Waals surface area (Å²) in [4.78, 5) is 11.7. The smallest absolute Gasteiger partial charge is 0.238 e. The molecule has 0 aliphatic carbocycles. The number of methoxy groups -OCH3 is 1. The topological polar surface area (TPSA) is 59.6 Å². The molecule has 1 aromatic carbocycles. The molecule has 0 atom stereocenters. The molecule has 5 nitrogen and oxygen atoms in total. The van der Waals surface area contributed by atoms with Crippen molar-refractivity contribution in [3.63, 3.8) is 0 Å². The first-order valence-electron chi connectivity index (χ1n) is 7.36. The summed E-state index contributed by atoms with van der Waals surface area (Å²) in [7, 11) is 1.66. The summed E-state index contributed by atoms with van der Waals surface area (Å²) in [6, 6.07) is 7.78. The van der Waals surface area contributed by atoms with Gasteiger partial charge in [0.15, 0.2) is 0 Å². The van der Waals surface area contributed by atoms with E-state index in [1.54, 1.807) is 7.11 Å². The molecular formula is C16H26N2O3. The monoisotopic (exact) mass is 294 g/mol. The van der Waals surface area contributed by atoms with Crippen LogP contribution in [0.2, 0.25) is 0 Å². The van der Waals surface area contributed by atoms with Crippen molar-refractivity contribution in [1.82, 2.24) is 5.32 Å². The van der Waals surface area contributed by atoms with Crippen molar-refractivity contribution < 1.29 is 14.3 Å². The third-order valence-corrected chi connectivity index (χ3v) is 2.91. The Bertz CT molecular complexity index is 410. The molecule has 5 heteroatoms. The van der Waals surface area contributed by atoms with Crippen molar-refractivity contribution in [2.75, 3.05) is 45.3 Å². The molecule has 0 bridgehead atoms. The number of aryl methyl sites for hydroxylation is 1. The van der Waals surface area contributed by atoms with Crippen LogP contribution in [0.15, 0.2) is 24.3 Å². The normalized spacial score (nSPS) is 10.6. The molecule has 0 heterocycles. The Labute approximate surface area is 127 Å². The molecule has 21 heavy (non-hydrogen) atoms. The number of carbonyl (C=O) groups is 1. The lowest BCUT2D eigenvalue weighted by molar-refractivity contribution is -0.115. The van der Waals surface area contributed by atoms with Crippen LogP contribution >= 0.6 is 0 Å². The lowest BCUT2D eigenvalue weighted by atomic mass is 10.2. The predicted molar refractivity (Wildman–Crippen MR) is 84.6 cm³/mol. The van der Waals surface area contributed by atoms with Gasteiger partial charge in [0.1, 0.15) is 0 Å². The average Bonchev–Trinajstić information content (AvgIpc) is 2.45. The summed E-state index contributed by atoms with van der Waals surface area (Å²) in [6.45, 7) is 5.16. The van der Waals surface area contributed by atoms with E-state index in [1.807, 2.05) is 31.2 Å². The highest BCUT2D eigenvalue weighted by atomic mass is 16.5. The highest BCUT2D eigenvalue weighted by Crippen LogP contribution is 2.08. The third-order valence-electron chi connectivity index (χ3n) is 2.91. The first-order chi connectivity index (χ1) is 10.2. The van der Waals surface area contributed by atoms with E-state index in [1.165, 1.54) is 0 Å². The van der Waals surface area contributed by atoms with Crippen molar-refractivity contribution in [3.8, 4) is 0 Å². The number of hydrogen-bond acceptors (Lipinski definition) is 4. The second-order valence-electron chi connectivity index (χ2n) is 4.91. The van der Waals surface area contributed by atoms with Crippen LogP contribution < -0.4 is 10.6 Å². The van der Waals surface area contributed by atoms with Crippen LogP contribution in [0.4, 0.5) is 5.69 Å². The fraction of sp³-hybridized carbons (Fsp3) is 0.562. The number of carbonyl (C=O) groups excluding carboxylic acids is 1. The number of rotatable bonds is 11. The van der Waals surface area contributed by atoms with Crippen molar-refractivity contribution in [1.29, 1.82) is 0 Å². The molecule has 1 aromatic rings. The minimum Gasteiger partial charge on any atom is -0.382 e. The minimum atomic E-state index is -0.0167. The molecule has 2 N–H and O–H groups in total. The molecule has 0 aliphatic heterocycles. The van der Waals surface area contributed by atoms with Crippen molar-refractivity contribution in [2.45, 2.75) is 19.8 Å². The molecule has 1 amide bonds. The summed E-state index contributed by atoms with van der Waals surface area (Å²) in [6.07, 6.45) is 1.97. The van der Waals surface area contributed by atoms with Crippen molar-refractivity contribution in [3.05, 3.63) is 29.8 Å². The number of unbranched alkanes of at least 4 members (excludes halogenated alkanes) is 1. The predicted octanol–water partition coefficient (Wildman–Crippen LogP) is 1.97. The van der Waals surface area contributed by atoms with Crippen LogP contribution in [-0.2, 0) is 14.3 Å². The molecule has 0 fully saturated rings. The van der Waals surface area contributed by atoms with E-state index in [2.05, 4.69) is 10.6 Å². The number of nitrogens with one attached hydrogen (secondary N) is 2. The van der Waals surface area contributed by atoms with E-state index in [4.69, 9.17) is 9.47 Å². The summed E-state index contributed by atoms with van der Waals surface area (Å²) < 4.78 is 10.2. The molecule has 0 aliphatic rings. The van der Waals surface area contributed by atoms with Gasteiger partial charge in [-0.25, -0.2) is 0 Å². The van der Waals surface area contributed by atoms with Crippen molar-refractivity contribution in [2.24, 2.45) is 0 Å². The minimum absolute atomic E-state index is 0.0167. The van der Waals surface area contributed by atoms with Gasteiger partial charge in [0.2, 0.25) is 5.91 Å². The average molecular weight is 294 g/mol. The van der Waals surface area contributed by atoms with E-state index in [9.17, 15) is 4.79 Å². The largest absolute Gasteiger partial charge is 0.382 e. The number of anilines is 1. The summed E-state index contributed by atoms with van der Waals surface area (Å²) in [5.74, 6) is -0.0167. The van der Waals surface area contributed by atoms with Crippen LogP contribution in [-0.4, -0.2) is 45.9 Å². The van der Waals surface area contributed by atoms with Gasteiger partial charge in [0, 0.05) is 19.4 Å². The maximum Gasteiger partial charge on any atom is 0.238 e. The second kappa shape index (κ2) is 11.3. The van der Waals surface area contributed by atoms with Gasteiger partial charge in [-0.1, -0.05) is 12.1 Å². The highest BCUT2D eigenvalue weighted by Gasteiger charge is 2.01. The quantitative estimate of drug-likeness (QED) is 0.613. The Morgan fingerprint density at radius 3 is 2.81 bits per heavy atom. The molecule has 0 radical (unpaired) electrons. The van der Waals surface area contributed by atoms with E-state index in [0.29, 0.717) is 19.8 Å². The zero-order valence-electron chi connectivity index (χ0n) is 13.0. The van der Waals surface area contributed by atoms with Gasteiger partial charge in [0.05, 0.1) is 19.8 Å². The third kappa shape index (κ3) is 9.18. The van der Waals surface area contributed by atoms with Crippen LogP contribution in [0.5, 0.6) is 0 Å². The Morgan fingerprint density at radius 2 is 2.05 bits per heavy atom. The number of benzene rings is 1. The van der Waals surface area contributed by atoms with Crippen LogP contribution in [0, 0.1) is 6.92 Å². The summed E-state index contributed by atoms with van der Waals surface area (Å²) in [5, 5.41) is 6.00. The zero-order valence-corrected chi connectivity index (χ0v) is 13.0. The van der Waals surface area contributed by atoms with Gasteiger partial charge in [-0.2, -0.15) is 0 Å². The second-order valence-corrected chi connectivity index (χ2v) is 4.91. The first kappa shape index (κ1) is 17.6.